The van der Waals surface area contributed by atoms with E-state index in [1.54, 1.807) is 0 Å². The minimum Gasteiger partial charge on any atom is -0.472 e. The summed E-state index contributed by atoms with van der Waals surface area (Å²) in [5, 5.41) is 0. The second kappa shape index (κ2) is 40.0. The zero-order valence-corrected chi connectivity index (χ0v) is 59.9. The first-order valence-corrected chi connectivity index (χ1v) is 37.2. The standard InChI is InChI=1S/2C12H20N2O2.C11H16.C11H14.C8H12N2O2.C5H10.2C4H11Si.2Co/c2*1-7(2)9-5-15-11(13-9)12-14-10(6-16-12)8(3)4;2*1-9(2)10(3)11-7-5-4-6-8-11;1-5-3-11-7(9-5)8-10-6(2)4-12-8;3*1-5(2,3)4;;/h2*7-10H,5-6H2,1-4H3;4-10H,1-3H3;4-9H,3H2,1-2H3;5-6H,3-4H2,1-2H3;1-2H2,3-4H3;2*1H2,2-4H3;;/q;;;;;-2;2*-1;2*+2/t9-,10+;9-,10-;;;5-,6-;;;;;/m.1..0...../s1. The molecule has 0 spiro atoms. The van der Waals surface area contributed by atoms with Gasteiger partial charge < -0.3 is 55.4 Å². The molecule has 12 nitrogen and oxygen atoms in total. The van der Waals surface area contributed by atoms with Crippen molar-refractivity contribution in [3.8, 4) is 0 Å². The van der Waals surface area contributed by atoms with Crippen LogP contribution in [-0.2, 0) is 62.0 Å². The molecule has 0 fully saturated rings. The fourth-order valence-electron chi connectivity index (χ4n) is 6.70. The molecule has 1 unspecified atom stereocenters. The molecule has 0 bridgehead atoms. The molecule has 0 saturated carbocycles. The summed E-state index contributed by atoms with van der Waals surface area (Å²) in [5.74, 6) is 7.50. The van der Waals surface area contributed by atoms with Gasteiger partial charge in [-0.1, -0.05) is 197 Å². The summed E-state index contributed by atoms with van der Waals surface area (Å²) in [4.78, 5) is 26.5. The summed E-state index contributed by atoms with van der Waals surface area (Å²) in [6.07, 6.45) is 0. The third-order valence-electron chi connectivity index (χ3n) is 12.1. The van der Waals surface area contributed by atoms with E-state index in [9.17, 15) is 0 Å². The number of nitrogens with zero attached hydrogens (tertiary/aromatic N) is 6. The zero-order valence-electron chi connectivity index (χ0n) is 55.9. The molecule has 0 N–H and O–H groups in total. The minimum absolute atomic E-state index is 0. The number of benzene rings is 2. The Balaban J connectivity index is 0. The summed E-state index contributed by atoms with van der Waals surface area (Å²) in [5.41, 5.74) is 3.91. The maximum absolute atomic E-state index is 5.53. The summed E-state index contributed by atoms with van der Waals surface area (Å²) in [7, 11) is -1.72. The Morgan fingerprint density at radius 1 is 0.458 bits per heavy atom. The average Bonchev–Trinajstić information content (AvgIpc) is 4.22. The monoisotopic (exact) mass is 1270 g/mol. The van der Waals surface area contributed by atoms with Gasteiger partial charge >= 0.3 is 33.6 Å². The van der Waals surface area contributed by atoms with E-state index in [-0.39, 0.29) is 75.2 Å². The molecule has 474 valence electrons. The van der Waals surface area contributed by atoms with E-state index in [2.05, 4.69) is 235 Å². The van der Waals surface area contributed by atoms with E-state index >= 15 is 0 Å². The van der Waals surface area contributed by atoms with Gasteiger partial charge in [0.25, 0.3) is 35.4 Å². The topological polar surface area (TPSA) is 130 Å². The third kappa shape index (κ3) is 37.6. The van der Waals surface area contributed by atoms with Crippen molar-refractivity contribution < 1.29 is 62.0 Å². The quantitative estimate of drug-likeness (QED) is 0.163. The van der Waals surface area contributed by atoms with Crippen LogP contribution in [0.15, 0.2) is 97.2 Å². The second-order valence-electron chi connectivity index (χ2n) is 27.2. The van der Waals surface area contributed by atoms with E-state index < -0.39 is 16.1 Å². The van der Waals surface area contributed by atoms with Crippen LogP contribution < -0.4 is 0 Å². The van der Waals surface area contributed by atoms with Crippen LogP contribution in [0.1, 0.15) is 135 Å². The molecular formula is C67H114Co2N6O6Si2. The fourth-order valence-corrected chi connectivity index (χ4v) is 6.70. The van der Waals surface area contributed by atoms with Crippen LogP contribution in [0.4, 0.5) is 0 Å². The molecule has 6 aliphatic rings. The van der Waals surface area contributed by atoms with E-state index in [1.165, 1.54) is 16.7 Å². The first-order chi connectivity index (χ1) is 37.3. The van der Waals surface area contributed by atoms with Gasteiger partial charge in [-0.2, -0.15) is 0 Å². The van der Waals surface area contributed by atoms with E-state index in [1.807, 2.05) is 45.9 Å². The Morgan fingerprint density at radius 3 is 0.880 bits per heavy atom. The second-order valence-corrected chi connectivity index (χ2v) is 37.4. The molecule has 6 aliphatic heterocycles. The molecule has 0 saturated heterocycles. The van der Waals surface area contributed by atoms with Crippen LogP contribution in [-0.4, -0.2) is 127 Å². The van der Waals surface area contributed by atoms with Crippen molar-refractivity contribution in [2.45, 2.75) is 199 Å². The van der Waals surface area contributed by atoms with Gasteiger partial charge in [0.05, 0.1) is 36.3 Å². The van der Waals surface area contributed by atoms with Crippen LogP contribution in [0.3, 0.4) is 0 Å². The van der Waals surface area contributed by atoms with Crippen molar-refractivity contribution in [3.63, 3.8) is 0 Å². The number of hydrogen-bond donors (Lipinski definition) is 0. The number of hydrogen-bond acceptors (Lipinski definition) is 12. The number of ether oxygens (including phenoxy) is 6. The fraction of sp³-hybridized carbons (Fsp3) is 0.642. The molecule has 2 aromatic rings. The van der Waals surface area contributed by atoms with Gasteiger partial charge in [0, 0.05) is 0 Å². The predicted molar refractivity (Wildman–Crippen MR) is 356 cm³/mol. The molecule has 2 aromatic carbocycles. The first-order valence-electron chi connectivity index (χ1n) is 29.8. The van der Waals surface area contributed by atoms with Crippen LogP contribution in [0, 0.1) is 67.9 Å². The van der Waals surface area contributed by atoms with Gasteiger partial charge in [-0.3, -0.25) is 5.41 Å². The van der Waals surface area contributed by atoms with Crippen molar-refractivity contribution in [2.75, 3.05) is 39.6 Å². The van der Waals surface area contributed by atoms with Crippen LogP contribution in [0.2, 0.25) is 39.3 Å². The summed E-state index contributed by atoms with van der Waals surface area (Å²) in [6.45, 7) is 72.6. The number of allylic oxidation sites excluding steroid dienone is 1. The SMILES string of the molecule is C=C(c1ccccc1)C(C)C.CC(C)C(C)c1ccccc1.CC(C)[C@@H]1COC(C2=N[C@@H](C(C)C)CO2)=N1.CC(C)[C@H]1COC(C2=N[C@@H](C(C)C)CO2)=N1.C[C@H]1COC(C2=N[C@@H](C)CO2)=N1.[CH2-]C([CH2-])(C)C.[CH2-][Si](C)(C)C.[CH2-][Si](C)(C)C.[Co+2].[Co+2]. The Bertz CT molecular complexity index is 2100. The smallest absolute Gasteiger partial charge is 0.472 e. The largest absolute Gasteiger partial charge is 2.00 e. The van der Waals surface area contributed by atoms with Crippen LogP contribution in [0.5, 0.6) is 0 Å². The number of rotatable bonds is 11. The molecule has 7 atom stereocenters. The summed E-state index contributed by atoms with van der Waals surface area (Å²) < 4.78 is 32.7. The zero-order chi connectivity index (χ0) is 62.0. The molecule has 16 heteroatoms. The molecule has 0 aliphatic carbocycles. The van der Waals surface area contributed by atoms with Gasteiger partial charge in [0.1, 0.15) is 39.6 Å². The van der Waals surface area contributed by atoms with Crippen LogP contribution in [0.25, 0.3) is 5.57 Å². The average molecular weight is 1270 g/mol. The Morgan fingerprint density at radius 2 is 0.687 bits per heavy atom. The molecule has 8 rings (SSSR count). The van der Waals surface area contributed by atoms with E-state index in [0.29, 0.717) is 111 Å². The van der Waals surface area contributed by atoms with Crippen molar-refractivity contribution in [2.24, 2.45) is 70.9 Å². The van der Waals surface area contributed by atoms with Crippen LogP contribution >= 0.6 is 0 Å². The summed E-state index contributed by atoms with van der Waals surface area (Å²) >= 11 is 0. The normalized spacial score (nSPS) is 21.4. The van der Waals surface area contributed by atoms with Crippen molar-refractivity contribution >= 4 is 57.1 Å². The maximum Gasteiger partial charge on any atom is 2.00 e. The van der Waals surface area contributed by atoms with Crippen molar-refractivity contribution in [1.29, 1.82) is 0 Å². The number of aliphatic imine (C=N–C) groups is 6. The first kappa shape index (κ1) is 81.5. The summed E-state index contributed by atoms with van der Waals surface area (Å²) in [6, 6.07) is 22.5. The Labute approximate surface area is 530 Å². The van der Waals surface area contributed by atoms with E-state index in [4.69, 9.17) is 28.4 Å². The van der Waals surface area contributed by atoms with Gasteiger partial charge in [0.2, 0.25) is 0 Å². The van der Waals surface area contributed by atoms with Crippen molar-refractivity contribution in [3.05, 3.63) is 105 Å². The third-order valence-corrected chi connectivity index (χ3v) is 12.1. The maximum atomic E-state index is 5.53. The predicted octanol–water partition coefficient (Wildman–Crippen LogP) is 16.3. The molecule has 0 amide bonds. The molecule has 6 heterocycles. The molecule has 83 heavy (non-hydrogen) atoms. The van der Waals surface area contributed by atoms with Gasteiger partial charge in [-0.25, -0.2) is 30.0 Å². The Kier molecular flexibility index (Phi) is 39.3. The molecule has 2 radical (unpaired) electrons. The Hall–Kier alpha value is -3.55. The molecule has 0 aromatic heterocycles. The molecular weight excluding hydrogens is 1160 g/mol. The van der Waals surface area contributed by atoms with Gasteiger partial charge in [0.15, 0.2) is 0 Å². The minimum atomic E-state index is -0.861. The van der Waals surface area contributed by atoms with Gasteiger partial charge in [-0.05, 0) is 72.0 Å². The van der Waals surface area contributed by atoms with E-state index in [0.717, 1.165) is 5.92 Å². The van der Waals surface area contributed by atoms with Crippen molar-refractivity contribution in [1.82, 2.24) is 0 Å². The van der Waals surface area contributed by atoms with Gasteiger partial charge in [-0.15, -0.1) is 30.0 Å².